The number of hydrogen-bond donors (Lipinski definition) is 1. The molecule has 3 aromatic heterocycles. The van der Waals surface area contributed by atoms with Crippen LogP contribution in [0.5, 0.6) is 11.5 Å². The van der Waals surface area contributed by atoms with Gasteiger partial charge in [0.1, 0.15) is 29.3 Å². The molecule has 10 nitrogen and oxygen atoms in total. The van der Waals surface area contributed by atoms with Gasteiger partial charge in [0.25, 0.3) is 11.5 Å². The lowest BCUT2D eigenvalue weighted by molar-refractivity contribution is 0.0927. The van der Waals surface area contributed by atoms with Gasteiger partial charge in [0, 0.05) is 18.8 Å². The maximum Gasteiger partial charge on any atom is 0.270 e. The van der Waals surface area contributed by atoms with Crippen molar-refractivity contribution in [3.63, 3.8) is 0 Å². The van der Waals surface area contributed by atoms with Crippen LogP contribution in [0.1, 0.15) is 41.6 Å². The number of carbonyl (C=O) groups is 1. The number of methoxy groups -OCH3 is 2. The highest BCUT2D eigenvalue weighted by molar-refractivity contribution is 5.93. The van der Waals surface area contributed by atoms with Gasteiger partial charge in [-0.15, -0.1) is 0 Å². The number of nitrogens with one attached hydrogen (secondary N) is 1. The van der Waals surface area contributed by atoms with Gasteiger partial charge >= 0.3 is 0 Å². The van der Waals surface area contributed by atoms with Crippen LogP contribution >= 0.6 is 0 Å². The Labute approximate surface area is 213 Å². The van der Waals surface area contributed by atoms with E-state index in [1.165, 1.54) is 12.4 Å². The fourth-order valence-electron chi connectivity index (χ4n) is 4.51. The lowest BCUT2D eigenvalue weighted by atomic mass is 10.1. The summed E-state index contributed by atoms with van der Waals surface area (Å²) >= 11 is 0. The predicted molar refractivity (Wildman–Crippen MR) is 136 cm³/mol. The Hall–Kier alpha value is -4.60. The second-order valence-corrected chi connectivity index (χ2v) is 8.55. The van der Waals surface area contributed by atoms with Crippen LogP contribution in [0.4, 0.5) is 0 Å². The number of pyridine rings is 1. The Morgan fingerprint density at radius 1 is 0.973 bits per heavy atom. The number of hydrogen-bond acceptors (Lipinski definition) is 8. The van der Waals surface area contributed by atoms with Crippen molar-refractivity contribution in [3.8, 4) is 34.1 Å². The molecule has 1 atom stereocenters. The quantitative estimate of drug-likeness (QED) is 0.429. The highest BCUT2D eigenvalue weighted by Crippen LogP contribution is 2.37. The third-order valence-corrected chi connectivity index (χ3v) is 6.29. The second kappa shape index (κ2) is 10.6. The van der Waals surface area contributed by atoms with Crippen LogP contribution in [0.25, 0.3) is 22.6 Å². The van der Waals surface area contributed by atoms with Gasteiger partial charge < -0.3 is 14.8 Å². The molecule has 0 saturated carbocycles. The smallest absolute Gasteiger partial charge is 0.270 e. The molecular formula is C27H26N6O4. The van der Waals surface area contributed by atoms with Crippen LogP contribution in [0.15, 0.2) is 65.8 Å². The lowest BCUT2D eigenvalue weighted by Gasteiger charge is -2.20. The average molecular weight is 499 g/mol. The van der Waals surface area contributed by atoms with Crippen LogP contribution in [-0.4, -0.2) is 44.6 Å². The minimum Gasteiger partial charge on any atom is -0.496 e. The Bertz CT molecular complexity index is 1470. The van der Waals surface area contributed by atoms with Gasteiger partial charge in [0.2, 0.25) is 0 Å². The Morgan fingerprint density at radius 2 is 1.76 bits per heavy atom. The standard InChI is InChI=1S/C27H26N6O4/c1-36-22-10-6-11-23(37-2)25(22)18-8-5-9-20(30-18)27(35)32-19-7-3-4-14-33-24(34)15-21(31-26(19)33)17-12-13-28-16-29-17/h5-6,8-13,15-16,19H,3-4,7,14H2,1-2H3,(H,32,35). The zero-order valence-electron chi connectivity index (χ0n) is 20.5. The minimum atomic E-state index is -0.462. The van der Waals surface area contributed by atoms with Crippen molar-refractivity contribution in [1.29, 1.82) is 0 Å². The molecule has 0 aliphatic carbocycles. The minimum absolute atomic E-state index is 0.178. The van der Waals surface area contributed by atoms with E-state index in [4.69, 9.17) is 14.5 Å². The van der Waals surface area contributed by atoms with Crippen LogP contribution in [-0.2, 0) is 6.54 Å². The van der Waals surface area contributed by atoms with E-state index >= 15 is 0 Å². The van der Waals surface area contributed by atoms with Crippen LogP contribution < -0.4 is 20.3 Å². The first-order chi connectivity index (χ1) is 18.1. The molecule has 10 heteroatoms. The number of fused-ring (bicyclic) bond motifs is 1. The first kappa shape index (κ1) is 24.1. The summed E-state index contributed by atoms with van der Waals surface area (Å²) in [5.41, 5.74) is 2.25. The van der Waals surface area contributed by atoms with Gasteiger partial charge in [0.05, 0.1) is 42.9 Å². The number of aromatic nitrogens is 5. The Balaban J connectivity index is 1.48. The number of carbonyl (C=O) groups excluding carboxylic acids is 1. The molecule has 5 rings (SSSR count). The number of benzene rings is 1. The van der Waals surface area contributed by atoms with Crippen molar-refractivity contribution in [2.45, 2.75) is 31.8 Å². The normalized spacial score (nSPS) is 14.8. The fraction of sp³-hybridized carbons (Fsp3) is 0.259. The Kier molecular flexibility index (Phi) is 6.89. The second-order valence-electron chi connectivity index (χ2n) is 8.55. The van der Waals surface area contributed by atoms with Gasteiger partial charge in [-0.25, -0.2) is 19.9 Å². The van der Waals surface area contributed by atoms with Gasteiger partial charge in [-0.05, 0) is 49.6 Å². The molecule has 1 aromatic carbocycles. The molecule has 37 heavy (non-hydrogen) atoms. The van der Waals surface area contributed by atoms with E-state index < -0.39 is 6.04 Å². The van der Waals surface area contributed by atoms with E-state index in [1.807, 2.05) is 18.2 Å². The predicted octanol–water partition coefficient (Wildman–Crippen LogP) is 3.43. The van der Waals surface area contributed by atoms with E-state index in [-0.39, 0.29) is 17.2 Å². The molecule has 0 saturated heterocycles. The summed E-state index contributed by atoms with van der Waals surface area (Å²) in [7, 11) is 3.14. The molecule has 0 fully saturated rings. The third-order valence-electron chi connectivity index (χ3n) is 6.29. The summed E-state index contributed by atoms with van der Waals surface area (Å²) in [5.74, 6) is 1.32. The summed E-state index contributed by atoms with van der Waals surface area (Å²) in [6, 6.07) is 13.4. The summed E-state index contributed by atoms with van der Waals surface area (Å²) < 4.78 is 12.6. The van der Waals surface area contributed by atoms with Gasteiger partial charge in [-0.2, -0.15) is 0 Å². The zero-order valence-corrected chi connectivity index (χ0v) is 20.5. The molecule has 0 bridgehead atoms. The molecule has 1 aliphatic heterocycles. The average Bonchev–Trinajstić information content (AvgIpc) is 3.15. The van der Waals surface area contributed by atoms with Crippen molar-refractivity contribution in [1.82, 2.24) is 29.8 Å². The van der Waals surface area contributed by atoms with E-state index in [0.29, 0.717) is 52.9 Å². The lowest BCUT2D eigenvalue weighted by Crippen LogP contribution is -2.34. The fourth-order valence-corrected chi connectivity index (χ4v) is 4.51. The van der Waals surface area contributed by atoms with Gasteiger partial charge in [-0.3, -0.25) is 14.2 Å². The van der Waals surface area contributed by atoms with Crippen molar-refractivity contribution < 1.29 is 14.3 Å². The van der Waals surface area contributed by atoms with Gasteiger partial charge in [-0.1, -0.05) is 12.1 Å². The molecule has 188 valence electrons. The molecule has 1 N–H and O–H groups in total. The number of nitrogens with zero attached hydrogens (tertiary/aromatic N) is 5. The molecule has 4 heterocycles. The first-order valence-electron chi connectivity index (χ1n) is 12.0. The van der Waals surface area contributed by atoms with Crippen LogP contribution in [0.2, 0.25) is 0 Å². The van der Waals surface area contributed by atoms with E-state index in [9.17, 15) is 9.59 Å². The van der Waals surface area contributed by atoms with Crippen LogP contribution in [0.3, 0.4) is 0 Å². The van der Waals surface area contributed by atoms with E-state index in [1.54, 1.807) is 49.2 Å². The summed E-state index contributed by atoms with van der Waals surface area (Å²) in [5, 5.41) is 3.05. The number of rotatable bonds is 6. The summed E-state index contributed by atoms with van der Waals surface area (Å²) in [6.07, 6.45) is 5.31. The molecule has 0 spiro atoms. The molecule has 1 amide bonds. The van der Waals surface area contributed by atoms with Crippen molar-refractivity contribution in [2.75, 3.05) is 14.2 Å². The molecule has 0 radical (unpaired) electrons. The molecule has 1 aliphatic rings. The molecule has 1 unspecified atom stereocenters. The van der Waals surface area contributed by atoms with Gasteiger partial charge in [0.15, 0.2) is 0 Å². The van der Waals surface area contributed by atoms with Crippen molar-refractivity contribution in [2.24, 2.45) is 0 Å². The maximum atomic E-state index is 13.4. The first-order valence-corrected chi connectivity index (χ1v) is 12.0. The third kappa shape index (κ3) is 4.90. The highest BCUT2D eigenvalue weighted by Gasteiger charge is 2.25. The van der Waals surface area contributed by atoms with Crippen molar-refractivity contribution >= 4 is 5.91 Å². The Morgan fingerprint density at radius 3 is 2.49 bits per heavy atom. The molecule has 4 aromatic rings. The van der Waals surface area contributed by atoms with E-state index in [2.05, 4.69) is 20.3 Å². The highest BCUT2D eigenvalue weighted by atomic mass is 16.5. The summed E-state index contributed by atoms with van der Waals surface area (Å²) in [6.45, 7) is 0.541. The van der Waals surface area contributed by atoms with E-state index in [0.717, 1.165) is 12.8 Å². The van der Waals surface area contributed by atoms with Crippen LogP contribution in [0, 0.1) is 0 Å². The zero-order chi connectivity index (χ0) is 25.8. The summed E-state index contributed by atoms with van der Waals surface area (Å²) in [4.78, 5) is 43.9. The topological polar surface area (TPSA) is 121 Å². The van der Waals surface area contributed by atoms with Crippen molar-refractivity contribution in [3.05, 3.63) is 82.9 Å². The largest absolute Gasteiger partial charge is 0.496 e. The monoisotopic (exact) mass is 498 g/mol. The number of ether oxygens (including phenoxy) is 2. The SMILES string of the molecule is COc1cccc(OC)c1-c1cccc(C(=O)NC2CCCCn3c2nc(-c2ccncn2)cc3=O)n1. The maximum absolute atomic E-state index is 13.4. The molecular weight excluding hydrogens is 472 g/mol. The number of amides is 1.